The van der Waals surface area contributed by atoms with E-state index < -0.39 is 227 Å². The normalized spacial score (nSPS) is 19.0. The molecule has 1 heterocycles. The Bertz CT molecular complexity index is 4590. The van der Waals surface area contributed by atoms with Gasteiger partial charge >= 0.3 is 5.97 Å². The van der Waals surface area contributed by atoms with Crippen molar-refractivity contribution in [3.63, 3.8) is 0 Å². The molecular weight excluding hydrogens is 1860 g/mol. The van der Waals surface area contributed by atoms with Crippen LogP contribution in [0.2, 0.25) is 0 Å². The summed E-state index contributed by atoms with van der Waals surface area (Å²) in [5, 5.41) is 105. The molecule has 0 saturated carbocycles. The van der Waals surface area contributed by atoms with Crippen molar-refractivity contribution in [2.24, 2.45) is 40.3 Å². The zero-order valence-electron chi connectivity index (χ0n) is 83.5. The van der Waals surface area contributed by atoms with E-state index in [9.17, 15) is 82.4 Å². The van der Waals surface area contributed by atoms with Gasteiger partial charge in [0.1, 0.15) is 95.4 Å². The Morgan fingerprint density at radius 1 is 0.462 bits per heavy atom. The number of aliphatic carboxylic acids is 1. The lowest BCUT2D eigenvalue weighted by Crippen LogP contribution is -2.65. The zero-order valence-corrected chi connectivity index (χ0v) is 83.5. The summed E-state index contributed by atoms with van der Waals surface area (Å²) < 4.78 is 0. The number of unbranched alkanes of at least 4 members (excludes halogenated alkanes) is 3. The molecule has 49 heteroatoms. The number of carbonyl (C=O) groups excluding carboxylic acids is 17. The Hall–Kier alpha value is -13.9. The number of hydrogen-bond acceptors (Lipinski definition) is 25. The van der Waals surface area contributed by atoms with Crippen LogP contribution in [0.1, 0.15) is 234 Å². The average molecular weight is 2010 g/mol. The number of phenols is 1. The van der Waals surface area contributed by atoms with E-state index in [1.54, 1.807) is 56.3 Å². The quantitative estimate of drug-likeness (QED) is 0.0129. The number of phenolic OH excluding ortho intramolecular Hbond substituents is 1. The van der Waals surface area contributed by atoms with Crippen LogP contribution in [0.15, 0.2) is 66.7 Å². The van der Waals surface area contributed by atoms with Gasteiger partial charge in [0.25, 0.3) is 0 Å². The molecule has 798 valence electrons. The molecule has 0 unspecified atom stereocenters. The van der Waals surface area contributed by atoms with Crippen LogP contribution in [-0.2, 0) is 99.1 Å². The van der Waals surface area contributed by atoms with E-state index in [-0.39, 0.29) is 185 Å². The molecule has 2 aromatic carbocycles. The maximum Gasteiger partial charge on any atom is 0.303 e. The summed E-state index contributed by atoms with van der Waals surface area (Å²) >= 11 is 0. The van der Waals surface area contributed by atoms with Crippen molar-refractivity contribution in [1.82, 2.24) is 101 Å². The fourth-order valence-electron chi connectivity index (χ4n) is 15.2. The lowest BCUT2D eigenvalue weighted by atomic mass is 9.91. The number of aliphatic hydroxyl groups is 1. The van der Waals surface area contributed by atoms with E-state index in [0.29, 0.717) is 43.2 Å². The molecule has 1 aliphatic rings. The van der Waals surface area contributed by atoms with E-state index in [0.717, 1.165) is 6.92 Å². The number of benzene rings is 2. The van der Waals surface area contributed by atoms with Gasteiger partial charge in [-0.2, -0.15) is 0 Å². The molecule has 0 aromatic heterocycles. The SMILES string of the molecule is CCCC[C@H](NC(=O)[C@H](CCC(=O)O)NC(=O)[C@H](CCCNC(=N)N)NC(=O)[C@H](Cc1ccc(O)cc1)NC(=O)[C@H](CCCCN)NC(=O)[C@H](C)NC(=O)[C@]1(C)CCC/C=C\CCC[C@](C)(NC(=O)[C@H](C)NC(=O)[C@H](CCCCN)NC(=O)[C@H](Cc2ccccc2)NC(=O)CCNC(C)=O)C(=O)N[C@@H](CCCNC(=N)N)C(=O)N[C@@H](CCCNC(=N)N)C(=O)N[C@@H]([C@@H](C)O)C(=O)N1)C(=O)N[C@@H](CC(C)C)C(N)=O. The number of carboxylic acid groups (broad SMARTS) is 1. The third-order valence-electron chi connectivity index (χ3n) is 23.4. The van der Waals surface area contributed by atoms with Crippen molar-refractivity contribution in [3.05, 3.63) is 77.9 Å². The number of allylic oxidation sites excluding steroid dienone is 2. The summed E-state index contributed by atoms with van der Waals surface area (Å²) in [4.78, 5) is 256. The maximum absolute atomic E-state index is 15.2. The third kappa shape index (κ3) is 48.4. The lowest BCUT2D eigenvalue weighted by Gasteiger charge is -2.34. The molecule has 0 bridgehead atoms. The highest BCUT2D eigenvalue weighted by molar-refractivity contribution is 6.02. The number of nitrogens with two attached hydrogens (primary N) is 6. The van der Waals surface area contributed by atoms with Crippen LogP contribution >= 0.6 is 0 Å². The Morgan fingerprint density at radius 3 is 1.36 bits per heavy atom. The fraction of sp³-hybridized carbons (Fsp3) is 0.628. The molecular formula is C94H156N28O21. The van der Waals surface area contributed by atoms with E-state index in [1.165, 1.54) is 58.9 Å². The van der Waals surface area contributed by atoms with Crippen molar-refractivity contribution >= 4 is 124 Å². The molecule has 37 N–H and O–H groups in total. The van der Waals surface area contributed by atoms with Crippen molar-refractivity contribution in [2.45, 2.75) is 331 Å². The predicted molar refractivity (Wildman–Crippen MR) is 532 cm³/mol. The Labute approximate surface area is 834 Å². The highest BCUT2D eigenvalue weighted by atomic mass is 16.4. The first-order chi connectivity index (χ1) is 67.5. The zero-order chi connectivity index (χ0) is 107. The number of carboxylic acids is 1. The van der Waals surface area contributed by atoms with Crippen LogP contribution in [0.25, 0.3) is 0 Å². The Balaban J connectivity index is 2.16. The van der Waals surface area contributed by atoms with Gasteiger partial charge in [-0.05, 0) is 212 Å². The highest BCUT2D eigenvalue weighted by Crippen LogP contribution is 2.23. The number of amides is 17. The Kier molecular flexibility index (Phi) is 56.3. The molecule has 2 aromatic rings. The molecule has 0 fully saturated rings. The average Bonchev–Trinajstić information content (AvgIpc) is 1.10. The number of primary amides is 1. The number of rotatable bonds is 58. The predicted octanol–water partition coefficient (Wildman–Crippen LogP) is -4.28. The summed E-state index contributed by atoms with van der Waals surface area (Å²) in [6.45, 7) is 13.3. The molecule has 143 heavy (non-hydrogen) atoms. The van der Waals surface area contributed by atoms with Crippen LogP contribution in [-0.4, -0.2) is 275 Å². The Morgan fingerprint density at radius 2 is 0.888 bits per heavy atom. The van der Waals surface area contributed by atoms with Gasteiger partial charge in [0.2, 0.25) is 100 Å². The molecule has 0 saturated heterocycles. The number of aliphatic hydroxyl groups excluding tert-OH is 1. The van der Waals surface area contributed by atoms with E-state index in [4.69, 9.17) is 50.6 Å². The van der Waals surface area contributed by atoms with Crippen LogP contribution < -0.4 is 135 Å². The summed E-state index contributed by atoms with van der Waals surface area (Å²) in [5.41, 5.74) is 31.1. The first kappa shape index (κ1) is 123. The fourth-order valence-corrected chi connectivity index (χ4v) is 15.2. The first-order valence-electron chi connectivity index (χ1n) is 48.7. The second kappa shape index (κ2) is 65.3. The smallest absolute Gasteiger partial charge is 0.303 e. The standard InChI is InChI=1S/C94H156N28O21/c1-10-11-30-62(80(134)117-69(75(97)129)51-54(2)3)112-83(137)68(40-41-73(127)128)116-79(133)65(33-25-47-105-90(98)99)115-86(140)71(53-60-36-38-61(125)39-37-60)118-81(135)64(32-20-24-46-96)111-76(130)55(4)109-88(142)93(8)43-21-14-12-13-15-22-44-94(9,89(143)119-67(35-27-49-107-92(102)103)82(136)113-66(34-26-48-106-91(100)101)84(138)120-74(57(6)123)87(141)122-93)121-77(131)56(5)108-78(132)63(31-19-23-45-95)114-85(139)70(52-59-28-17-16-18-29-59)110-72(126)42-50-104-58(7)124/h12-13,16-18,28-29,36-39,54-57,62-71,74,123,125H,10-11,14-15,19-27,30-35,40-53,95-96H2,1-9H3,(H2,97,129)(H,104,124)(H,108,132)(H,109,142)(H,110,126)(H,111,130)(H,112,137)(H,113,136)(H,114,139)(H,115,140)(H,116,133)(H,117,134)(H,118,135)(H,119,143)(H,120,138)(H,121,131)(H,122,141)(H,127,128)(H4,98,99,105)(H4,100,101,106)(H4,102,103,107)/b13-12-/t55-,56-,57+,62-,63-,64-,65-,66-,67-,68-,69-,70-,71-,74-,93-,94-/m0/s1. The molecule has 0 spiro atoms. The minimum Gasteiger partial charge on any atom is -0.508 e. The second-order valence-corrected chi connectivity index (χ2v) is 36.6. The first-order valence-corrected chi connectivity index (χ1v) is 48.7. The van der Waals surface area contributed by atoms with Gasteiger partial charge in [-0.1, -0.05) is 88.2 Å². The topological polar surface area (TPSA) is 824 Å². The van der Waals surface area contributed by atoms with Gasteiger partial charge in [0, 0.05) is 58.8 Å². The molecule has 0 aliphatic carbocycles. The minimum absolute atomic E-state index is 0.00452. The van der Waals surface area contributed by atoms with Gasteiger partial charge in [0.15, 0.2) is 17.9 Å². The lowest BCUT2D eigenvalue weighted by molar-refractivity contribution is -0.139. The van der Waals surface area contributed by atoms with Crippen LogP contribution in [0, 0.1) is 22.1 Å². The molecule has 1 aliphatic heterocycles. The van der Waals surface area contributed by atoms with E-state index >= 15 is 19.2 Å². The molecule has 0 radical (unpaired) electrons. The minimum atomic E-state index is -2.06. The van der Waals surface area contributed by atoms with E-state index in [2.05, 4.69) is 101 Å². The number of nitrogens with one attached hydrogen (secondary N) is 22. The van der Waals surface area contributed by atoms with Gasteiger partial charge in [0.05, 0.1) is 6.10 Å². The summed E-state index contributed by atoms with van der Waals surface area (Å²) in [6, 6.07) is -5.51. The number of aromatic hydroxyl groups is 1. The summed E-state index contributed by atoms with van der Waals surface area (Å²) in [7, 11) is 0. The third-order valence-corrected chi connectivity index (χ3v) is 23.4. The van der Waals surface area contributed by atoms with Crippen LogP contribution in [0.4, 0.5) is 0 Å². The van der Waals surface area contributed by atoms with Crippen LogP contribution in [0.5, 0.6) is 5.75 Å². The van der Waals surface area contributed by atoms with Gasteiger partial charge in [-0.15, -0.1) is 0 Å². The monoisotopic (exact) mass is 2010 g/mol. The van der Waals surface area contributed by atoms with E-state index in [1.807, 2.05) is 6.92 Å². The van der Waals surface area contributed by atoms with Crippen molar-refractivity contribution in [3.8, 4) is 5.75 Å². The number of guanidine groups is 3. The van der Waals surface area contributed by atoms with Crippen molar-refractivity contribution in [1.29, 1.82) is 16.2 Å². The highest BCUT2D eigenvalue weighted by Gasteiger charge is 2.44. The second-order valence-electron chi connectivity index (χ2n) is 36.6. The largest absolute Gasteiger partial charge is 0.508 e. The summed E-state index contributed by atoms with van der Waals surface area (Å²) in [5.74, 6) is -18.4. The van der Waals surface area contributed by atoms with Crippen molar-refractivity contribution < 1.29 is 102 Å². The molecule has 16 atom stereocenters. The molecule has 3 rings (SSSR count). The maximum atomic E-state index is 15.2. The number of hydrogen-bond donors (Lipinski definition) is 31. The molecule has 49 nitrogen and oxygen atoms in total. The molecule has 17 amide bonds. The van der Waals surface area contributed by atoms with Crippen molar-refractivity contribution in [2.75, 3.05) is 39.3 Å². The van der Waals surface area contributed by atoms with Crippen LogP contribution in [0.3, 0.4) is 0 Å². The van der Waals surface area contributed by atoms with Gasteiger partial charge < -0.3 is 151 Å². The summed E-state index contributed by atoms with van der Waals surface area (Å²) in [6.07, 6.45) is 1.54. The van der Waals surface area contributed by atoms with Gasteiger partial charge in [-0.3, -0.25) is 103 Å². The number of carbonyl (C=O) groups is 18. The van der Waals surface area contributed by atoms with Gasteiger partial charge in [-0.25, -0.2) is 0 Å².